The molecule has 120 valence electrons. The molecule has 0 saturated carbocycles. The van der Waals surface area contributed by atoms with Crippen molar-refractivity contribution >= 4 is 51.0 Å². The molecule has 0 spiro atoms. The largest absolute Gasteiger partial charge is 0.452 e. The molecule has 1 N–H and O–H groups in total. The zero-order valence-electron chi connectivity index (χ0n) is 11.8. The van der Waals surface area contributed by atoms with Gasteiger partial charge < -0.3 is 10.1 Å². The lowest BCUT2D eigenvalue weighted by atomic mass is 10.2. The Bertz CT molecular complexity index is 720. The van der Waals surface area contributed by atoms with E-state index in [-0.39, 0.29) is 17.2 Å². The van der Waals surface area contributed by atoms with Crippen molar-refractivity contribution < 1.29 is 14.3 Å². The van der Waals surface area contributed by atoms with Gasteiger partial charge in [-0.25, -0.2) is 4.79 Å². The molecule has 0 unspecified atom stereocenters. The van der Waals surface area contributed by atoms with Gasteiger partial charge in [0.2, 0.25) is 0 Å². The van der Waals surface area contributed by atoms with Gasteiger partial charge >= 0.3 is 5.97 Å². The third-order valence-corrected chi connectivity index (χ3v) is 3.96. The van der Waals surface area contributed by atoms with E-state index in [1.807, 2.05) is 24.3 Å². The molecular formula is C16H12BrCl2NO3. The summed E-state index contributed by atoms with van der Waals surface area (Å²) in [6.45, 7) is -0.0281. The van der Waals surface area contributed by atoms with Gasteiger partial charge in [-0.2, -0.15) is 0 Å². The molecule has 4 nitrogen and oxygen atoms in total. The van der Waals surface area contributed by atoms with Crippen molar-refractivity contribution in [2.24, 2.45) is 0 Å². The molecule has 2 aromatic rings. The van der Waals surface area contributed by atoms with Crippen molar-refractivity contribution in [3.63, 3.8) is 0 Å². The minimum absolute atomic E-state index is 0.164. The number of carbonyl (C=O) groups excluding carboxylic acids is 2. The van der Waals surface area contributed by atoms with Crippen LogP contribution in [0.25, 0.3) is 0 Å². The molecule has 2 aromatic carbocycles. The monoisotopic (exact) mass is 415 g/mol. The van der Waals surface area contributed by atoms with Crippen LogP contribution in [0.5, 0.6) is 0 Å². The maximum atomic E-state index is 11.9. The third-order valence-electron chi connectivity index (χ3n) is 2.89. The number of benzene rings is 2. The third kappa shape index (κ3) is 5.53. The number of halogens is 3. The first-order valence-electron chi connectivity index (χ1n) is 6.59. The highest BCUT2D eigenvalue weighted by Gasteiger charge is 2.14. The Hall–Kier alpha value is -1.56. The predicted octanol–water partition coefficient (Wildman–Crippen LogP) is 4.23. The van der Waals surface area contributed by atoms with Crippen LogP contribution in [0.1, 0.15) is 15.9 Å². The van der Waals surface area contributed by atoms with Gasteiger partial charge in [-0.05, 0) is 35.9 Å². The van der Waals surface area contributed by atoms with E-state index < -0.39 is 11.9 Å². The van der Waals surface area contributed by atoms with Gasteiger partial charge in [0, 0.05) is 16.0 Å². The summed E-state index contributed by atoms with van der Waals surface area (Å²) in [6, 6.07) is 11.9. The minimum atomic E-state index is -0.676. The first-order chi connectivity index (χ1) is 11.0. The zero-order valence-corrected chi connectivity index (χ0v) is 14.9. The second-order valence-corrected chi connectivity index (χ2v) is 6.36. The molecule has 0 saturated heterocycles. The summed E-state index contributed by atoms with van der Waals surface area (Å²) in [4.78, 5) is 23.6. The number of nitrogens with one attached hydrogen (secondary N) is 1. The Balaban J connectivity index is 1.81. The van der Waals surface area contributed by atoms with Crippen LogP contribution in [-0.4, -0.2) is 18.5 Å². The summed E-state index contributed by atoms with van der Waals surface area (Å²) >= 11 is 15.0. The number of amides is 1. The first-order valence-corrected chi connectivity index (χ1v) is 8.14. The molecule has 0 aromatic heterocycles. The van der Waals surface area contributed by atoms with E-state index in [0.29, 0.717) is 11.6 Å². The van der Waals surface area contributed by atoms with Gasteiger partial charge in [0.1, 0.15) is 0 Å². The molecular weight excluding hydrogens is 405 g/mol. The molecule has 0 heterocycles. The minimum Gasteiger partial charge on any atom is -0.452 e. The second kappa shape index (κ2) is 8.34. The highest BCUT2D eigenvalue weighted by Crippen LogP contribution is 2.21. The Morgan fingerprint density at radius 3 is 2.43 bits per heavy atom. The Morgan fingerprint density at radius 1 is 1.09 bits per heavy atom. The van der Waals surface area contributed by atoms with Crippen LogP contribution in [0.15, 0.2) is 46.9 Å². The lowest BCUT2D eigenvalue weighted by Crippen LogP contribution is -2.28. The highest BCUT2D eigenvalue weighted by molar-refractivity contribution is 9.10. The van der Waals surface area contributed by atoms with Gasteiger partial charge in [-0.1, -0.05) is 51.3 Å². The molecule has 2 rings (SSSR count). The maximum absolute atomic E-state index is 11.9. The molecule has 0 aliphatic carbocycles. The van der Waals surface area contributed by atoms with Crippen LogP contribution < -0.4 is 5.32 Å². The number of ether oxygens (including phenoxy) is 1. The van der Waals surface area contributed by atoms with Crippen molar-refractivity contribution in [2.45, 2.75) is 6.54 Å². The van der Waals surface area contributed by atoms with E-state index in [1.165, 1.54) is 18.2 Å². The van der Waals surface area contributed by atoms with Crippen molar-refractivity contribution in [3.05, 3.63) is 68.1 Å². The molecule has 0 bridgehead atoms. The lowest BCUT2D eigenvalue weighted by molar-refractivity contribution is -0.124. The smallest absolute Gasteiger partial charge is 0.340 e. The summed E-state index contributed by atoms with van der Waals surface area (Å²) < 4.78 is 5.89. The highest BCUT2D eigenvalue weighted by atomic mass is 79.9. The summed E-state index contributed by atoms with van der Waals surface area (Å²) in [5.74, 6) is -1.07. The first kappa shape index (κ1) is 17.8. The number of hydrogen-bond donors (Lipinski definition) is 1. The van der Waals surface area contributed by atoms with Crippen molar-refractivity contribution in [1.29, 1.82) is 0 Å². The van der Waals surface area contributed by atoms with Crippen LogP contribution in [0.2, 0.25) is 10.0 Å². The fourth-order valence-electron chi connectivity index (χ4n) is 1.72. The predicted molar refractivity (Wildman–Crippen MR) is 92.7 cm³/mol. The molecule has 0 aliphatic heterocycles. The Morgan fingerprint density at radius 2 is 1.78 bits per heavy atom. The fourth-order valence-corrected chi connectivity index (χ4v) is 2.47. The summed E-state index contributed by atoms with van der Waals surface area (Å²) in [5.41, 5.74) is 1.10. The molecule has 23 heavy (non-hydrogen) atoms. The lowest BCUT2D eigenvalue weighted by Gasteiger charge is -2.08. The van der Waals surface area contributed by atoms with E-state index in [1.54, 1.807) is 0 Å². The summed E-state index contributed by atoms with van der Waals surface area (Å²) in [6.07, 6.45) is 0. The number of carbonyl (C=O) groups is 2. The van der Waals surface area contributed by atoms with Crippen LogP contribution in [0.4, 0.5) is 0 Å². The number of rotatable bonds is 5. The molecule has 0 radical (unpaired) electrons. The molecule has 0 fully saturated rings. The molecule has 1 amide bonds. The van der Waals surface area contributed by atoms with E-state index in [0.717, 1.165) is 10.0 Å². The normalized spacial score (nSPS) is 10.2. The molecule has 0 aliphatic rings. The van der Waals surface area contributed by atoms with Crippen LogP contribution in [-0.2, 0) is 16.1 Å². The molecule has 7 heteroatoms. The van der Waals surface area contributed by atoms with E-state index in [4.69, 9.17) is 27.9 Å². The average molecular weight is 417 g/mol. The second-order valence-electron chi connectivity index (χ2n) is 4.60. The van der Waals surface area contributed by atoms with E-state index >= 15 is 0 Å². The number of esters is 1. The maximum Gasteiger partial charge on any atom is 0.340 e. The fraction of sp³-hybridized carbons (Fsp3) is 0.125. The van der Waals surface area contributed by atoms with E-state index in [2.05, 4.69) is 21.2 Å². The summed E-state index contributed by atoms with van der Waals surface area (Å²) in [7, 11) is 0. The Kier molecular flexibility index (Phi) is 6.45. The van der Waals surface area contributed by atoms with Gasteiger partial charge in [0.15, 0.2) is 6.61 Å². The Labute approximate surface area is 151 Å². The van der Waals surface area contributed by atoms with Crippen LogP contribution in [0, 0.1) is 0 Å². The standard InChI is InChI=1S/C16H12BrCl2NO3/c17-11-3-1-10(2-4-11)8-20-15(21)9-23-16(22)13-6-5-12(18)7-14(13)19/h1-7H,8-9H2,(H,20,21). The molecule has 0 atom stereocenters. The van der Waals surface area contributed by atoms with Gasteiger partial charge in [0.25, 0.3) is 5.91 Å². The van der Waals surface area contributed by atoms with Crippen molar-refractivity contribution in [2.75, 3.05) is 6.61 Å². The SMILES string of the molecule is O=C(COC(=O)c1ccc(Cl)cc1Cl)NCc1ccc(Br)cc1. The van der Waals surface area contributed by atoms with E-state index in [9.17, 15) is 9.59 Å². The van der Waals surface area contributed by atoms with Gasteiger partial charge in [0.05, 0.1) is 10.6 Å². The van der Waals surface area contributed by atoms with Crippen LogP contribution >= 0.6 is 39.1 Å². The summed E-state index contributed by atoms with van der Waals surface area (Å²) in [5, 5.41) is 3.26. The zero-order chi connectivity index (χ0) is 16.8. The van der Waals surface area contributed by atoms with Gasteiger partial charge in [-0.15, -0.1) is 0 Å². The van der Waals surface area contributed by atoms with Crippen LogP contribution in [0.3, 0.4) is 0 Å². The number of hydrogen-bond acceptors (Lipinski definition) is 3. The average Bonchev–Trinajstić information content (AvgIpc) is 2.52. The topological polar surface area (TPSA) is 55.4 Å². The van der Waals surface area contributed by atoms with Crippen molar-refractivity contribution in [1.82, 2.24) is 5.32 Å². The van der Waals surface area contributed by atoms with Gasteiger partial charge in [-0.3, -0.25) is 4.79 Å². The van der Waals surface area contributed by atoms with Crippen molar-refractivity contribution in [3.8, 4) is 0 Å². The quantitative estimate of drug-likeness (QED) is 0.742.